The van der Waals surface area contributed by atoms with Gasteiger partial charge >= 0.3 is 0 Å². The van der Waals surface area contributed by atoms with E-state index in [2.05, 4.69) is 15.0 Å². The molecule has 0 aliphatic heterocycles. The average molecular weight is 241 g/mol. The van der Waals surface area contributed by atoms with E-state index in [-0.39, 0.29) is 11.2 Å². The number of nitrogens with one attached hydrogen (secondary N) is 2. The standard InChI is InChI=1S/C13H11N3O2/c1-7-4-12(18)9(6-14-7)13-15-10-3-2-8(17)5-11(10)16-13/h2-6,17H,1H3,(H,14,18)(H,15,16). The van der Waals surface area contributed by atoms with Crippen LogP contribution in [-0.4, -0.2) is 20.1 Å². The van der Waals surface area contributed by atoms with Gasteiger partial charge in [0, 0.05) is 24.0 Å². The predicted octanol–water partition coefficient (Wildman–Crippen LogP) is 1.93. The number of nitrogens with zero attached hydrogens (tertiary/aromatic N) is 1. The number of phenolic OH excluding ortho intramolecular Hbond substituents is 1. The second-order valence-electron chi connectivity index (χ2n) is 4.18. The van der Waals surface area contributed by atoms with Crippen molar-refractivity contribution in [1.29, 1.82) is 0 Å². The van der Waals surface area contributed by atoms with Crippen molar-refractivity contribution in [3.8, 4) is 17.1 Å². The Hall–Kier alpha value is -2.56. The summed E-state index contributed by atoms with van der Waals surface area (Å²) >= 11 is 0. The van der Waals surface area contributed by atoms with Gasteiger partial charge < -0.3 is 15.1 Å². The van der Waals surface area contributed by atoms with Crippen LogP contribution in [0.4, 0.5) is 0 Å². The lowest BCUT2D eigenvalue weighted by molar-refractivity contribution is 0.476. The molecule has 0 bridgehead atoms. The summed E-state index contributed by atoms with van der Waals surface area (Å²) in [6.45, 7) is 1.82. The van der Waals surface area contributed by atoms with Crippen molar-refractivity contribution in [3.05, 3.63) is 46.4 Å². The fourth-order valence-electron chi connectivity index (χ4n) is 1.88. The Morgan fingerprint density at radius 2 is 2.11 bits per heavy atom. The zero-order valence-corrected chi connectivity index (χ0v) is 9.69. The van der Waals surface area contributed by atoms with Crippen LogP contribution in [0.5, 0.6) is 5.75 Å². The van der Waals surface area contributed by atoms with E-state index in [1.54, 1.807) is 24.4 Å². The second kappa shape index (κ2) is 3.73. The number of hydrogen-bond donors (Lipinski definition) is 3. The molecule has 3 rings (SSSR count). The lowest BCUT2D eigenvalue weighted by atomic mass is 10.2. The highest BCUT2D eigenvalue weighted by molar-refractivity contribution is 5.80. The smallest absolute Gasteiger partial charge is 0.192 e. The zero-order chi connectivity index (χ0) is 12.7. The topological polar surface area (TPSA) is 81.8 Å². The second-order valence-corrected chi connectivity index (χ2v) is 4.18. The van der Waals surface area contributed by atoms with Gasteiger partial charge in [-0.3, -0.25) is 4.79 Å². The van der Waals surface area contributed by atoms with E-state index in [0.29, 0.717) is 22.4 Å². The number of aromatic hydroxyl groups is 1. The van der Waals surface area contributed by atoms with E-state index in [1.165, 1.54) is 6.07 Å². The Balaban J connectivity index is 2.22. The summed E-state index contributed by atoms with van der Waals surface area (Å²) in [5.74, 6) is 0.660. The van der Waals surface area contributed by atoms with Crippen molar-refractivity contribution in [2.45, 2.75) is 6.92 Å². The lowest BCUT2D eigenvalue weighted by Gasteiger charge is -1.96. The Morgan fingerprint density at radius 3 is 2.89 bits per heavy atom. The third kappa shape index (κ3) is 1.66. The first-order chi connectivity index (χ1) is 8.63. The van der Waals surface area contributed by atoms with Gasteiger partial charge in [-0.15, -0.1) is 0 Å². The molecule has 3 aromatic rings. The highest BCUT2D eigenvalue weighted by atomic mass is 16.3. The number of fused-ring (bicyclic) bond motifs is 1. The van der Waals surface area contributed by atoms with Crippen molar-refractivity contribution < 1.29 is 5.11 Å². The Bertz CT molecular complexity index is 786. The number of aromatic amines is 2. The maximum Gasteiger partial charge on any atom is 0.192 e. The SMILES string of the molecule is Cc1cc(=O)c(-c2nc3ccc(O)cc3[nH]2)c[nH]1. The molecular formula is C13H11N3O2. The fourth-order valence-corrected chi connectivity index (χ4v) is 1.88. The Kier molecular flexibility index (Phi) is 2.19. The summed E-state index contributed by atoms with van der Waals surface area (Å²) in [6, 6.07) is 6.37. The van der Waals surface area contributed by atoms with Gasteiger partial charge in [0.1, 0.15) is 11.6 Å². The molecule has 5 heteroatoms. The number of rotatable bonds is 1. The van der Waals surface area contributed by atoms with Gasteiger partial charge in [0.15, 0.2) is 5.43 Å². The van der Waals surface area contributed by atoms with Gasteiger partial charge in [0.05, 0.1) is 16.6 Å². The monoisotopic (exact) mass is 241 g/mol. The van der Waals surface area contributed by atoms with Crippen molar-refractivity contribution in [2.24, 2.45) is 0 Å². The number of benzene rings is 1. The molecule has 90 valence electrons. The summed E-state index contributed by atoms with van der Waals surface area (Å²) in [4.78, 5) is 22.2. The fraction of sp³-hybridized carbons (Fsp3) is 0.0769. The Morgan fingerprint density at radius 1 is 1.28 bits per heavy atom. The highest BCUT2D eigenvalue weighted by Crippen LogP contribution is 2.21. The molecule has 0 amide bonds. The van der Waals surface area contributed by atoms with E-state index < -0.39 is 0 Å². The van der Waals surface area contributed by atoms with Gasteiger partial charge in [-0.1, -0.05) is 0 Å². The largest absolute Gasteiger partial charge is 0.508 e. The number of phenols is 1. The van der Waals surface area contributed by atoms with Crippen LogP contribution in [0.25, 0.3) is 22.4 Å². The first-order valence-electron chi connectivity index (χ1n) is 5.52. The van der Waals surface area contributed by atoms with Crippen LogP contribution in [0, 0.1) is 6.92 Å². The van der Waals surface area contributed by atoms with Crippen LogP contribution in [0.1, 0.15) is 5.69 Å². The number of imidazole rings is 1. The zero-order valence-electron chi connectivity index (χ0n) is 9.69. The first kappa shape index (κ1) is 10.6. The quantitative estimate of drug-likeness (QED) is 0.608. The first-order valence-corrected chi connectivity index (χ1v) is 5.52. The molecule has 0 spiro atoms. The molecule has 0 saturated carbocycles. The van der Waals surface area contributed by atoms with E-state index in [4.69, 9.17) is 0 Å². The molecule has 0 atom stereocenters. The molecular weight excluding hydrogens is 230 g/mol. The molecule has 0 aliphatic carbocycles. The van der Waals surface area contributed by atoms with Gasteiger partial charge in [-0.25, -0.2) is 4.98 Å². The maximum atomic E-state index is 11.9. The van der Waals surface area contributed by atoms with Crippen LogP contribution in [-0.2, 0) is 0 Å². The highest BCUT2D eigenvalue weighted by Gasteiger charge is 2.09. The normalized spacial score (nSPS) is 10.9. The van der Waals surface area contributed by atoms with Crippen molar-refractivity contribution >= 4 is 11.0 Å². The summed E-state index contributed by atoms with van der Waals surface area (Å²) in [5, 5.41) is 9.39. The van der Waals surface area contributed by atoms with E-state index >= 15 is 0 Å². The maximum absolute atomic E-state index is 11.9. The predicted molar refractivity (Wildman–Crippen MR) is 68.6 cm³/mol. The molecule has 1 aromatic carbocycles. The summed E-state index contributed by atoms with van der Waals surface area (Å²) in [6.07, 6.45) is 1.63. The van der Waals surface area contributed by atoms with Crippen LogP contribution in [0.3, 0.4) is 0 Å². The molecule has 0 saturated heterocycles. The van der Waals surface area contributed by atoms with Crippen LogP contribution >= 0.6 is 0 Å². The van der Waals surface area contributed by atoms with Gasteiger partial charge in [-0.05, 0) is 19.1 Å². The average Bonchev–Trinajstić information content (AvgIpc) is 2.71. The molecule has 0 aliphatic rings. The molecule has 18 heavy (non-hydrogen) atoms. The molecule has 2 heterocycles. The molecule has 2 aromatic heterocycles. The number of pyridine rings is 1. The van der Waals surface area contributed by atoms with Crippen LogP contribution in [0.15, 0.2) is 35.3 Å². The number of hydrogen-bond acceptors (Lipinski definition) is 3. The van der Waals surface area contributed by atoms with Crippen molar-refractivity contribution in [3.63, 3.8) is 0 Å². The van der Waals surface area contributed by atoms with E-state index in [9.17, 15) is 9.90 Å². The minimum Gasteiger partial charge on any atom is -0.508 e. The molecule has 0 fully saturated rings. The van der Waals surface area contributed by atoms with Crippen LogP contribution in [0.2, 0.25) is 0 Å². The molecule has 0 unspecified atom stereocenters. The van der Waals surface area contributed by atoms with E-state index in [0.717, 1.165) is 5.69 Å². The molecule has 3 N–H and O–H groups in total. The van der Waals surface area contributed by atoms with Gasteiger partial charge in [-0.2, -0.15) is 0 Å². The minimum absolute atomic E-state index is 0.0884. The van der Waals surface area contributed by atoms with Crippen molar-refractivity contribution in [1.82, 2.24) is 15.0 Å². The molecule has 5 nitrogen and oxygen atoms in total. The molecule has 0 radical (unpaired) electrons. The number of H-pyrrole nitrogens is 2. The summed E-state index contributed by atoms with van der Waals surface area (Å²) in [5.41, 5.74) is 2.61. The number of aromatic nitrogens is 3. The summed E-state index contributed by atoms with van der Waals surface area (Å²) in [7, 11) is 0. The lowest BCUT2D eigenvalue weighted by Crippen LogP contribution is -2.05. The van der Waals surface area contributed by atoms with E-state index in [1.807, 2.05) is 6.92 Å². The number of aryl methyl sites for hydroxylation is 1. The Labute approximate surface area is 102 Å². The van der Waals surface area contributed by atoms with Gasteiger partial charge in [0.2, 0.25) is 0 Å². The van der Waals surface area contributed by atoms with Crippen LogP contribution < -0.4 is 5.43 Å². The minimum atomic E-state index is -0.0884. The van der Waals surface area contributed by atoms with Crippen molar-refractivity contribution in [2.75, 3.05) is 0 Å². The third-order valence-electron chi connectivity index (χ3n) is 2.78. The van der Waals surface area contributed by atoms with Gasteiger partial charge in [0.25, 0.3) is 0 Å². The third-order valence-corrected chi connectivity index (χ3v) is 2.78. The summed E-state index contributed by atoms with van der Waals surface area (Å²) < 4.78 is 0.